The van der Waals surface area contributed by atoms with Gasteiger partial charge in [-0.05, 0) is 35.9 Å². The third-order valence-corrected chi connectivity index (χ3v) is 3.08. The number of para-hydroxylation sites is 1. The number of aromatic hydroxyl groups is 1. The van der Waals surface area contributed by atoms with Crippen LogP contribution in [-0.4, -0.2) is 37.6 Å². The van der Waals surface area contributed by atoms with Crippen molar-refractivity contribution in [2.75, 3.05) is 14.2 Å². The molecule has 0 radical (unpaired) electrons. The Bertz CT molecular complexity index is 803. The molecule has 0 unspecified atom stereocenters. The van der Waals surface area contributed by atoms with Crippen molar-refractivity contribution in [2.24, 2.45) is 5.10 Å². The summed E-state index contributed by atoms with van der Waals surface area (Å²) in [5.41, 5.74) is 3.01. The highest BCUT2D eigenvalue weighted by molar-refractivity contribution is 5.97. The Morgan fingerprint density at radius 1 is 1.12 bits per heavy atom. The number of carbonyl (C=O) groups is 2. The van der Waals surface area contributed by atoms with Gasteiger partial charge in [0, 0.05) is 0 Å². The summed E-state index contributed by atoms with van der Waals surface area (Å²) in [6.45, 7) is 0. The predicted molar refractivity (Wildman–Crippen MR) is 89.2 cm³/mol. The third-order valence-electron chi connectivity index (χ3n) is 3.08. The van der Waals surface area contributed by atoms with Crippen molar-refractivity contribution in [3.05, 3.63) is 53.6 Å². The lowest BCUT2D eigenvalue weighted by Crippen LogP contribution is -2.17. The van der Waals surface area contributed by atoms with Gasteiger partial charge in [0.25, 0.3) is 5.91 Å². The quantitative estimate of drug-likeness (QED) is 0.373. The van der Waals surface area contributed by atoms with Gasteiger partial charge in [-0.15, -0.1) is 0 Å². The molecule has 0 saturated heterocycles. The van der Waals surface area contributed by atoms with E-state index in [4.69, 9.17) is 9.47 Å². The van der Waals surface area contributed by atoms with Crippen LogP contribution in [0.3, 0.4) is 0 Å². The maximum atomic E-state index is 11.9. The molecule has 1 amide bonds. The van der Waals surface area contributed by atoms with Crippen molar-refractivity contribution in [3.8, 4) is 17.2 Å². The van der Waals surface area contributed by atoms with Crippen LogP contribution in [0.1, 0.15) is 15.9 Å². The van der Waals surface area contributed by atoms with Gasteiger partial charge in [-0.3, -0.25) is 4.79 Å². The number of hydrogen-bond acceptors (Lipinski definition) is 7. The molecule has 2 N–H and O–H groups in total. The number of benzene rings is 2. The minimum atomic E-state index is -0.866. The van der Waals surface area contributed by atoms with Gasteiger partial charge in [0.05, 0.1) is 26.0 Å². The summed E-state index contributed by atoms with van der Waals surface area (Å²) in [7, 11) is 2.61. The zero-order valence-corrected chi connectivity index (χ0v) is 13.6. The van der Waals surface area contributed by atoms with Crippen LogP contribution in [0.2, 0.25) is 0 Å². The van der Waals surface area contributed by atoms with Gasteiger partial charge in [-0.25, -0.2) is 10.2 Å². The van der Waals surface area contributed by atoms with E-state index in [1.807, 2.05) is 0 Å². The van der Waals surface area contributed by atoms with Crippen LogP contribution in [0.4, 0.5) is 4.79 Å². The summed E-state index contributed by atoms with van der Waals surface area (Å²) in [5.74, 6) is -0.209. The van der Waals surface area contributed by atoms with Crippen molar-refractivity contribution in [3.63, 3.8) is 0 Å². The van der Waals surface area contributed by atoms with Crippen LogP contribution < -0.4 is 14.9 Å². The second kappa shape index (κ2) is 8.34. The Kier molecular flexibility index (Phi) is 5.94. The van der Waals surface area contributed by atoms with Crippen molar-refractivity contribution >= 4 is 18.3 Å². The number of amides is 1. The lowest BCUT2D eigenvalue weighted by Gasteiger charge is -2.08. The number of hydrogen-bond donors (Lipinski definition) is 2. The predicted octanol–water partition coefficient (Wildman–Crippen LogP) is 2.31. The number of nitrogens with one attached hydrogen (secondary N) is 1. The fraction of sp³-hybridized carbons (Fsp3) is 0.118. The zero-order chi connectivity index (χ0) is 18.2. The first-order valence-corrected chi connectivity index (χ1v) is 7.10. The highest BCUT2D eigenvalue weighted by atomic mass is 16.7. The number of hydrazone groups is 1. The fourth-order valence-corrected chi connectivity index (χ4v) is 1.87. The van der Waals surface area contributed by atoms with E-state index in [-0.39, 0.29) is 17.1 Å². The van der Waals surface area contributed by atoms with Crippen molar-refractivity contribution in [1.29, 1.82) is 0 Å². The Labute approximate surface area is 143 Å². The third kappa shape index (κ3) is 4.71. The van der Waals surface area contributed by atoms with Crippen LogP contribution in [0, 0.1) is 0 Å². The largest absolute Gasteiger partial charge is 0.513 e. The van der Waals surface area contributed by atoms with Gasteiger partial charge in [0.15, 0.2) is 11.5 Å². The number of ether oxygens (including phenoxy) is 3. The molecule has 0 heterocycles. The first-order chi connectivity index (χ1) is 12.0. The molecule has 2 aromatic rings. The van der Waals surface area contributed by atoms with Gasteiger partial charge in [0.2, 0.25) is 0 Å². The summed E-state index contributed by atoms with van der Waals surface area (Å²) in [4.78, 5) is 23.1. The fourth-order valence-electron chi connectivity index (χ4n) is 1.87. The maximum absolute atomic E-state index is 11.9. The van der Waals surface area contributed by atoms with Crippen molar-refractivity contribution in [2.45, 2.75) is 0 Å². The minimum absolute atomic E-state index is 0.110. The van der Waals surface area contributed by atoms with E-state index in [9.17, 15) is 14.7 Å². The molecule has 2 aromatic carbocycles. The van der Waals surface area contributed by atoms with Crippen LogP contribution >= 0.6 is 0 Å². The second-order valence-corrected chi connectivity index (χ2v) is 4.68. The average Bonchev–Trinajstić information content (AvgIpc) is 2.62. The van der Waals surface area contributed by atoms with E-state index < -0.39 is 12.1 Å². The number of nitrogens with zero attached hydrogens (tertiary/aromatic N) is 1. The molecule has 0 aliphatic carbocycles. The molecular formula is C17H16N2O6. The van der Waals surface area contributed by atoms with Crippen molar-refractivity contribution < 1.29 is 28.9 Å². The molecule has 8 nitrogen and oxygen atoms in total. The SMILES string of the molecule is COC(=O)Oc1ccc(/C=N\NC(=O)c2ccccc2O)cc1OC. The van der Waals surface area contributed by atoms with Crippen LogP contribution in [0.5, 0.6) is 17.2 Å². The van der Waals surface area contributed by atoms with Gasteiger partial charge >= 0.3 is 6.16 Å². The maximum Gasteiger partial charge on any atom is 0.513 e. The molecule has 0 aromatic heterocycles. The molecule has 2 rings (SSSR count). The number of methoxy groups -OCH3 is 2. The van der Waals surface area contributed by atoms with E-state index in [1.54, 1.807) is 24.3 Å². The smallest absolute Gasteiger partial charge is 0.507 e. The van der Waals surface area contributed by atoms with Gasteiger partial charge < -0.3 is 19.3 Å². The van der Waals surface area contributed by atoms with Crippen molar-refractivity contribution in [1.82, 2.24) is 5.43 Å². The van der Waals surface area contributed by atoms with Gasteiger partial charge in [-0.2, -0.15) is 5.10 Å². The Morgan fingerprint density at radius 2 is 1.88 bits per heavy atom. The molecule has 25 heavy (non-hydrogen) atoms. The van der Waals surface area contributed by atoms with E-state index in [1.165, 1.54) is 38.6 Å². The summed E-state index contributed by atoms with van der Waals surface area (Å²) in [6.07, 6.45) is 0.511. The summed E-state index contributed by atoms with van der Waals surface area (Å²) in [5, 5.41) is 13.4. The monoisotopic (exact) mass is 344 g/mol. The summed E-state index contributed by atoms with van der Waals surface area (Å²) < 4.78 is 14.5. The lowest BCUT2D eigenvalue weighted by molar-refractivity contribution is 0.0952. The molecule has 0 saturated carbocycles. The number of rotatable bonds is 5. The topological polar surface area (TPSA) is 106 Å². The highest BCUT2D eigenvalue weighted by Gasteiger charge is 2.11. The zero-order valence-electron chi connectivity index (χ0n) is 13.6. The first kappa shape index (κ1) is 17.8. The molecule has 8 heteroatoms. The molecule has 0 fully saturated rings. The normalized spacial score (nSPS) is 10.3. The van der Waals surface area contributed by atoms with E-state index in [2.05, 4.69) is 15.3 Å². The van der Waals surface area contributed by atoms with Crippen LogP contribution in [0.25, 0.3) is 0 Å². The molecule has 130 valence electrons. The minimum Gasteiger partial charge on any atom is -0.507 e. The molecule has 0 spiro atoms. The molecular weight excluding hydrogens is 328 g/mol. The number of carbonyl (C=O) groups excluding carboxylic acids is 2. The number of phenolic OH excluding ortho intramolecular Hbond substituents is 1. The Morgan fingerprint density at radius 3 is 2.56 bits per heavy atom. The standard InChI is InChI=1S/C17H16N2O6/c1-23-15-9-11(7-8-14(15)25-17(22)24-2)10-18-19-16(21)12-5-3-4-6-13(12)20/h3-10,20H,1-2H3,(H,19,21)/b18-10-. The first-order valence-electron chi connectivity index (χ1n) is 7.10. The summed E-state index contributed by atoms with van der Waals surface area (Å²) in [6, 6.07) is 10.8. The van der Waals surface area contributed by atoms with E-state index in [0.717, 1.165) is 0 Å². The van der Waals surface area contributed by atoms with E-state index in [0.29, 0.717) is 11.3 Å². The highest BCUT2D eigenvalue weighted by Crippen LogP contribution is 2.27. The Balaban J connectivity index is 2.07. The summed E-state index contributed by atoms with van der Waals surface area (Å²) >= 11 is 0. The molecule has 0 atom stereocenters. The molecule has 0 aliphatic heterocycles. The average molecular weight is 344 g/mol. The van der Waals surface area contributed by atoms with Crippen LogP contribution in [-0.2, 0) is 4.74 Å². The Hall–Kier alpha value is -3.55. The van der Waals surface area contributed by atoms with Crippen LogP contribution in [0.15, 0.2) is 47.6 Å². The number of phenols is 1. The molecule has 0 aliphatic rings. The lowest BCUT2D eigenvalue weighted by atomic mass is 10.2. The molecule has 0 bridgehead atoms. The van der Waals surface area contributed by atoms with Gasteiger partial charge in [-0.1, -0.05) is 12.1 Å². The van der Waals surface area contributed by atoms with E-state index >= 15 is 0 Å². The van der Waals surface area contributed by atoms with Gasteiger partial charge in [0.1, 0.15) is 5.75 Å². The second-order valence-electron chi connectivity index (χ2n) is 4.68.